The summed E-state index contributed by atoms with van der Waals surface area (Å²) >= 11 is 0. The van der Waals surface area contributed by atoms with E-state index in [-0.39, 0.29) is 0 Å². The predicted octanol–water partition coefficient (Wildman–Crippen LogP) is 3.44. The van der Waals surface area contributed by atoms with Gasteiger partial charge in [0.05, 0.1) is 0 Å². The zero-order valence-electron chi connectivity index (χ0n) is 13.8. The molecule has 0 aromatic heterocycles. The van der Waals surface area contributed by atoms with Gasteiger partial charge in [0.25, 0.3) is 0 Å². The average molecular weight is 298 g/mol. The summed E-state index contributed by atoms with van der Waals surface area (Å²) in [6.07, 6.45) is 1.03. The van der Waals surface area contributed by atoms with Crippen molar-refractivity contribution < 1.29 is 4.74 Å². The van der Waals surface area contributed by atoms with Gasteiger partial charge in [-0.15, -0.1) is 0 Å². The van der Waals surface area contributed by atoms with Crippen molar-refractivity contribution in [1.82, 2.24) is 4.90 Å². The molecule has 3 heteroatoms. The lowest BCUT2D eigenvalue weighted by Gasteiger charge is -2.18. The number of nitrogens with zero attached hydrogens (tertiary/aromatic N) is 1. The van der Waals surface area contributed by atoms with E-state index >= 15 is 0 Å². The van der Waals surface area contributed by atoms with E-state index in [0.717, 1.165) is 30.9 Å². The lowest BCUT2D eigenvalue weighted by Crippen LogP contribution is -2.26. The standard InChI is InChI=1S/C19H26N2O/c1-15-5-4-6-16(2)19(15)22-14-13-21(3)12-11-17-7-9-18(20)10-8-17/h4-10H,11-14,20H2,1-3H3. The topological polar surface area (TPSA) is 38.5 Å². The molecule has 0 heterocycles. The van der Waals surface area contributed by atoms with Crippen molar-refractivity contribution in [2.75, 3.05) is 32.5 Å². The van der Waals surface area contributed by atoms with Crippen molar-refractivity contribution in [1.29, 1.82) is 0 Å². The van der Waals surface area contributed by atoms with Gasteiger partial charge in [-0.2, -0.15) is 0 Å². The number of hydrogen-bond donors (Lipinski definition) is 1. The molecule has 0 unspecified atom stereocenters. The minimum atomic E-state index is 0.712. The molecule has 2 N–H and O–H groups in total. The molecule has 2 aromatic rings. The Morgan fingerprint density at radius 2 is 1.59 bits per heavy atom. The summed E-state index contributed by atoms with van der Waals surface area (Å²) in [5.41, 5.74) is 10.2. The molecule has 0 aliphatic carbocycles. The molecule has 0 amide bonds. The highest BCUT2D eigenvalue weighted by molar-refractivity contribution is 5.40. The first-order chi connectivity index (χ1) is 10.6. The maximum Gasteiger partial charge on any atom is 0.125 e. The second-order valence-corrected chi connectivity index (χ2v) is 5.86. The SMILES string of the molecule is Cc1cccc(C)c1OCCN(C)CCc1ccc(N)cc1. The smallest absolute Gasteiger partial charge is 0.125 e. The number of rotatable bonds is 7. The van der Waals surface area contributed by atoms with E-state index in [1.807, 2.05) is 12.1 Å². The fourth-order valence-corrected chi connectivity index (χ4v) is 2.45. The number of nitrogens with two attached hydrogens (primary N) is 1. The summed E-state index contributed by atoms with van der Waals surface area (Å²) in [5.74, 6) is 1.02. The van der Waals surface area contributed by atoms with E-state index in [9.17, 15) is 0 Å². The summed E-state index contributed by atoms with van der Waals surface area (Å²) in [4.78, 5) is 2.30. The maximum absolute atomic E-state index is 5.95. The molecule has 0 bridgehead atoms. The van der Waals surface area contributed by atoms with Crippen LogP contribution in [0.4, 0.5) is 5.69 Å². The van der Waals surface area contributed by atoms with Crippen LogP contribution in [-0.4, -0.2) is 31.6 Å². The van der Waals surface area contributed by atoms with Crippen LogP contribution in [0, 0.1) is 13.8 Å². The van der Waals surface area contributed by atoms with Crippen molar-refractivity contribution in [2.45, 2.75) is 20.3 Å². The number of para-hydroxylation sites is 1. The number of hydrogen-bond acceptors (Lipinski definition) is 3. The minimum Gasteiger partial charge on any atom is -0.492 e. The predicted molar refractivity (Wildman–Crippen MR) is 93.5 cm³/mol. The summed E-state index contributed by atoms with van der Waals surface area (Å²) in [7, 11) is 2.13. The van der Waals surface area contributed by atoms with E-state index < -0.39 is 0 Å². The van der Waals surface area contributed by atoms with Gasteiger partial charge in [0.15, 0.2) is 0 Å². The van der Waals surface area contributed by atoms with Crippen molar-refractivity contribution in [3.8, 4) is 5.75 Å². The summed E-state index contributed by atoms with van der Waals surface area (Å²) in [6.45, 7) is 6.83. The second-order valence-electron chi connectivity index (χ2n) is 5.86. The average Bonchev–Trinajstić information content (AvgIpc) is 2.50. The van der Waals surface area contributed by atoms with Crippen LogP contribution in [0.2, 0.25) is 0 Å². The first kappa shape index (κ1) is 16.4. The van der Waals surface area contributed by atoms with Gasteiger partial charge in [-0.1, -0.05) is 30.3 Å². The highest BCUT2D eigenvalue weighted by atomic mass is 16.5. The molecule has 0 aliphatic heterocycles. The Balaban J connectivity index is 1.74. The molecular formula is C19H26N2O. The normalized spacial score (nSPS) is 10.9. The van der Waals surface area contributed by atoms with Crippen molar-refractivity contribution >= 4 is 5.69 Å². The Kier molecular flexibility index (Phi) is 5.84. The quantitative estimate of drug-likeness (QED) is 0.796. The molecule has 0 atom stereocenters. The lowest BCUT2D eigenvalue weighted by molar-refractivity contribution is 0.237. The van der Waals surface area contributed by atoms with Gasteiger partial charge in [-0.05, 0) is 56.1 Å². The first-order valence-electron chi connectivity index (χ1n) is 7.78. The zero-order valence-corrected chi connectivity index (χ0v) is 13.8. The van der Waals surface area contributed by atoms with Gasteiger partial charge in [0.1, 0.15) is 12.4 Å². The van der Waals surface area contributed by atoms with Crippen molar-refractivity contribution in [2.24, 2.45) is 0 Å². The largest absolute Gasteiger partial charge is 0.492 e. The fraction of sp³-hybridized carbons (Fsp3) is 0.368. The van der Waals surface area contributed by atoms with Crippen LogP contribution in [0.25, 0.3) is 0 Å². The van der Waals surface area contributed by atoms with Crippen LogP contribution in [-0.2, 0) is 6.42 Å². The molecule has 0 saturated heterocycles. The number of benzene rings is 2. The van der Waals surface area contributed by atoms with Crippen molar-refractivity contribution in [3.05, 3.63) is 59.2 Å². The molecule has 0 saturated carbocycles. The monoisotopic (exact) mass is 298 g/mol. The van der Waals surface area contributed by atoms with E-state index in [0.29, 0.717) is 6.61 Å². The summed E-state index contributed by atoms with van der Waals surface area (Å²) in [6, 6.07) is 14.3. The van der Waals surface area contributed by atoms with Crippen LogP contribution in [0.3, 0.4) is 0 Å². The third-order valence-corrected chi connectivity index (χ3v) is 3.89. The maximum atomic E-state index is 5.95. The number of aryl methyl sites for hydroxylation is 2. The van der Waals surface area contributed by atoms with Gasteiger partial charge < -0.3 is 15.4 Å². The summed E-state index contributed by atoms with van der Waals surface area (Å²) in [5, 5.41) is 0. The van der Waals surface area contributed by atoms with Crippen LogP contribution >= 0.6 is 0 Å². The highest BCUT2D eigenvalue weighted by Gasteiger charge is 2.04. The zero-order chi connectivity index (χ0) is 15.9. The molecule has 0 fully saturated rings. The Hall–Kier alpha value is -2.00. The van der Waals surface area contributed by atoms with E-state index in [1.165, 1.54) is 16.7 Å². The summed E-state index contributed by atoms with van der Waals surface area (Å²) < 4.78 is 5.95. The molecule has 3 nitrogen and oxygen atoms in total. The Morgan fingerprint density at radius 1 is 0.955 bits per heavy atom. The third-order valence-electron chi connectivity index (χ3n) is 3.89. The van der Waals surface area contributed by atoms with Crippen LogP contribution in [0.15, 0.2) is 42.5 Å². The Bertz CT molecular complexity index is 573. The molecule has 22 heavy (non-hydrogen) atoms. The van der Waals surface area contributed by atoms with Crippen molar-refractivity contribution in [3.63, 3.8) is 0 Å². The van der Waals surface area contributed by atoms with Gasteiger partial charge in [0.2, 0.25) is 0 Å². The molecule has 118 valence electrons. The van der Waals surface area contributed by atoms with Gasteiger partial charge in [0, 0.05) is 18.8 Å². The number of likely N-dealkylation sites (N-methyl/N-ethyl adjacent to an activating group) is 1. The van der Waals surface area contributed by atoms with E-state index in [1.54, 1.807) is 0 Å². The minimum absolute atomic E-state index is 0.712. The van der Waals surface area contributed by atoms with Gasteiger partial charge in [-0.3, -0.25) is 0 Å². The number of nitrogen functional groups attached to an aromatic ring is 1. The number of ether oxygens (including phenoxy) is 1. The first-order valence-corrected chi connectivity index (χ1v) is 7.78. The highest BCUT2D eigenvalue weighted by Crippen LogP contribution is 2.22. The van der Waals surface area contributed by atoms with E-state index in [4.69, 9.17) is 10.5 Å². The van der Waals surface area contributed by atoms with E-state index in [2.05, 4.69) is 56.1 Å². The van der Waals surface area contributed by atoms with Crippen LogP contribution in [0.5, 0.6) is 5.75 Å². The third kappa shape index (κ3) is 4.78. The molecule has 2 rings (SSSR count). The molecule has 0 radical (unpaired) electrons. The van der Waals surface area contributed by atoms with Gasteiger partial charge >= 0.3 is 0 Å². The number of anilines is 1. The fourth-order valence-electron chi connectivity index (χ4n) is 2.45. The van der Waals surface area contributed by atoms with Crippen LogP contribution in [0.1, 0.15) is 16.7 Å². The lowest BCUT2D eigenvalue weighted by atomic mass is 10.1. The molecule has 0 spiro atoms. The molecule has 0 aliphatic rings. The van der Waals surface area contributed by atoms with Crippen LogP contribution < -0.4 is 10.5 Å². The molecular weight excluding hydrogens is 272 g/mol. The second kappa shape index (κ2) is 7.85. The Labute approximate surface area is 133 Å². The Morgan fingerprint density at radius 3 is 2.23 bits per heavy atom. The van der Waals surface area contributed by atoms with Gasteiger partial charge in [-0.25, -0.2) is 0 Å². The molecule has 2 aromatic carbocycles.